The molecule has 0 aliphatic carbocycles. The summed E-state index contributed by atoms with van der Waals surface area (Å²) in [5.74, 6) is 0.911. The van der Waals surface area contributed by atoms with Gasteiger partial charge >= 0.3 is 0 Å². The number of anilines is 2. The summed E-state index contributed by atoms with van der Waals surface area (Å²) in [7, 11) is 4.25. The first-order valence-corrected chi connectivity index (χ1v) is 8.36. The SMILES string of the molecule is C[C@H](CN(C)C)CN1c2ccccc2CCc2cc(O)ccc21. The highest BCUT2D eigenvalue weighted by Crippen LogP contribution is 2.37. The van der Waals surface area contributed by atoms with Crippen LogP contribution in [0.5, 0.6) is 5.75 Å². The highest BCUT2D eigenvalue weighted by molar-refractivity contribution is 5.71. The summed E-state index contributed by atoms with van der Waals surface area (Å²) in [5, 5.41) is 9.86. The van der Waals surface area contributed by atoms with Gasteiger partial charge in [0.2, 0.25) is 0 Å². The number of phenolic OH excluding ortho intramolecular Hbond substituents is 1. The number of benzene rings is 2. The average Bonchev–Trinajstić information content (AvgIpc) is 2.64. The van der Waals surface area contributed by atoms with Crippen LogP contribution in [0.3, 0.4) is 0 Å². The van der Waals surface area contributed by atoms with Gasteiger partial charge in [0.25, 0.3) is 0 Å². The molecule has 1 heterocycles. The molecule has 3 rings (SSSR count). The molecule has 0 saturated heterocycles. The van der Waals surface area contributed by atoms with Gasteiger partial charge in [0, 0.05) is 24.5 Å². The van der Waals surface area contributed by atoms with Gasteiger partial charge in [-0.1, -0.05) is 25.1 Å². The first-order chi connectivity index (χ1) is 11.0. The van der Waals surface area contributed by atoms with Crippen LogP contribution in [-0.2, 0) is 12.8 Å². The van der Waals surface area contributed by atoms with E-state index >= 15 is 0 Å². The molecule has 0 spiro atoms. The summed E-state index contributed by atoms with van der Waals surface area (Å²) in [5.41, 5.74) is 5.17. The topological polar surface area (TPSA) is 26.7 Å². The van der Waals surface area contributed by atoms with Crippen molar-refractivity contribution in [3.63, 3.8) is 0 Å². The Morgan fingerprint density at radius 1 is 1.04 bits per heavy atom. The molecule has 0 aromatic heterocycles. The van der Waals surface area contributed by atoms with Crippen molar-refractivity contribution in [3.8, 4) is 5.75 Å². The Bertz CT molecular complexity index is 681. The predicted molar refractivity (Wildman–Crippen MR) is 96.7 cm³/mol. The van der Waals surface area contributed by atoms with Gasteiger partial charge in [-0.25, -0.2) is 0 Å². The van der Waals surface area contributed by atoms with Gasteiger partial charge in [0.1, 0.15) is 5.75 Å². The van der Waals surface area contributed by atoms with E-state index in [9.17, 15) is 5.11 Å². The molecule has 3 heteroatoms. The zero-order chi connectivity index (χ0) is 16.4. The molecule has 0 bridgehead atoms. The highest BCUT2D eigenvalue weighted by Gasteiger charge is 2.22. The number of phenols is 1. The van der Waals surface area contributed by atoms with Crippen LogP contribution >= 0.6 is 0 Å². The first kappa shape index (κ1) is 15.9. The van der Waals surface area contributed by atoms with Gasteiger partial charge < -0.3 is 14.9 Å². The summed E-state index contributed by atoms with van der Waals surface area (Å²) in [4.78, 5) is 4.68. The number of fused-ring (bicyclic) bond motifs is 2. The largest absolute Gasteiger partial charge is 0.508 e. The van der Waals surface area contributed by atoms with Gasteiger partial charge in [0.15, 0.2) is 0 Å². The molecular weight excluding hydrogens is 284 g/mol. The Kier molecular flexibility index (Phi) is 4.58. The Morgan fingerprint density at radius 2 is 1.74 bits per heavy atom. The number of aromatic hydroxyl groups is 1. The van der Waals surface area contributed by atoms with Crippen molar-refractivity contribution in [2.24, 2.45) is 5.92 Å². The van der Waals surface area contributed by atoms with Crippen molar-refractivity contribution < 1.29 is 5.11 Å². The quantitative estimate of drug-likeness (QED) is 0.930. The third-order valence-electron chi connectivity index (χ3n) is 4.47. The molecule has 2 aromatic rings. The van der Waals surface area contributed by atoms with Gasteiger partial charge in [-0.3, -0.25) is 0 Å². The molecule has 0 unspecified atom stereocenters. The Balaban J connectivity index is 2.01. The van der Waals surface area contributed by atoms with E-state index in [1.54, 1.807) is 6.07 Å². The van der Waals surface area contributed by atoms with E-state index in [0.29, 0.717) is 11.7 Å². The lowest BCUT2D eigenvalue weighted by atomic mass is 10.0. The summed E-state index contributed by atoms with van der Waals surface area (Å²) >= 11 is 0. The van der Waals surface area contributed by atoms with Crippen LogP contribution in [-0.4, -0.2) is 37.2 Å². The van der Waals surface area contributed by atoms with E-state index in [4.69, 9.17) is 0 Å². The van der Waals surface area contributed by atoms with E-state index in [2.05, 4.69) is 61.2 Å². The second-order valence-corrected chi connectivity index (χ2v) is 6.92. The molecule has 1 atom stereocenters. The molecule has 2 aromatic carbocycles. The van der Waals surface area contributed by atoms with E-state index in [1.807, 2.05) is 6.07 Å². The van der Waals surface area contributed by atoms with Crippen LogP contribution in [0.2, 0.25) is 0 Å². The van der Waals surface area contributed by atoms with Crippen molar-refractivity contribution in [2.45, 2.75) is 19.8 Å². The van der Waals surface area contributed by atoms with Gasteiger partial charge in [-0.05, 0) is 68.2 Å². The molecule has 0 saturated carbocycles. The second kappa shape index (κ2) is 6.63. The molecule has 122 valence electrons. The van der Waals surface area contributed by atoms with Crippen LogP contribution in [0, 0.1) is 5.92 Å². The summed E-state index contributed by atoms with van der Waals surface area (Å²) < 4.78 is 0. The summed E-state index contributed by atoms with van der Waals surface area (Å²) in [6.07, 6.45) is 1.99. The van der Waals surface area contributed by atoms with Gasteiger partial charge in [-0.15, -0.1) is 0 Å². The maximum absolute atomic E-state index is 9.86. The second-order valence-electron chi connectivity index (χ2n) is 6.92. The van der Waals surface area contributed by atoms with Crippen molar-refractivity contribution in [3.05, 3.63) is 53.6 Å². The number of para-hydroxylation sites is 1. The van der Waals surface area contributed by atoms with Crippen LogP contribution < -0.4 is 4.90 Å². The standard InChI is InChI=1S/C20H26N2O/c1-15(13-21(2)3)14-22-19-7-5-4-6-16(19)8-9-17-12-18(23)10-11-20(17)22/h4-7,10-12,15,23H,8-9,13-14H2,1-3H3/t15-/m1/s1. The van der Waals surface area contributed by atoms with Crippen molar-refractivity contribution in [1.29, 1.82) is 0 Å². The minimum absolute atomic E-state index is 0.357. The van der Waals surface area contributed by atoms with Gasteiger partial charge in [-0.2, -0.15) is 0 Å². The van der Waals surface area contributed by atoms with Gasteiger partial charge in [0.05, 0.1) is 0 Å². The van der Waals surface area contributed by atoms with Crippen LogP contribution in [0.25, 0.3) is 0 Å². The molecule has 3 nitrogen and oxygen atoms in total. The number of hydrogen-bond acceptors (Lipinski definition) is 3. The predicted octanol–water partition coefficient (Wildman–Crippen LogP) is 3.83. The van der Waals surface area contributed by atoms with E-state index < -0.39 is 0 Å². The molecule has 23 heavy (non-hydrogen) atoms. The van der Waals surface area contributed by atoms with Crippen molar-refractivity contribution in [2.75, 3.05) is 32.1 Å². The lowest BCUT2D eigenvalue weighted by Crippen LogP contribution is -2.30. The Morgan fingerprint density at radius 3 is 2.52 bits per heavy atom. The zero-order valence-electron chi connectivity index (χ0n) is 14.3. The van der Waals surface area contributed by atoms with E-state index in [-0.39, 0.29) is 0 Å². The smallest absolute Gasteiger partial charge is 0.116 e. The Labute approximate surface area is 139 Å². The number of rotatable bonds is 4. The molecule has 1 aliphatic heterocycles. The number of hydrogen-bond donors (Lipinski definition) is 1. The average molecular weight is 310 g/mol. The van der Waals surface area contributed by atoms with Crippen LogP contribution in [0.1, 0.15) is 18.1 Å². The molecular formula is C20H26N2O. The fourth-order valence-corrected chi connectivity index (χ4v) is 3.61. The number of aryl methyl sites for hydroxylation is 2. The zero-order valence-corrected chi connectivity index (χ0v) is 14.3. The fraction of sp³-hybridized carbons (Fsp3) is 0.400. The fourth-order valence-electron chi connectivity index (χ4n) is 3.61. The monoisotopic (exact) mass is 310 g/mol. The normalized spacial score (nSPS) is 15.0. The third-order valence-corrected chi connectivity index (χ3v) is 4.47. The van der Waals surface area contributed by atoms with Crippen molar-refractivity contribution in [1.82, 2.24) is 4.90 Å². The summed E-state index contributed by atoms with van der Waals surface area (Å²) in [6, 6.07) is 14.5. The molecule has 0 fully saturated rings. The molecule has 0 amide bonds. The van der Waals surface area contributed by atoms with Crippen LogP contribution in [0.15, 0.2) is 42.5 Å². The van der Waals surface area contributed by atoms with Crippen molar-refractivity contribution >= 4 is 11.4 Å². The Hall–Kier alpha value is -2.00. The third kappa shape index (κ3) is 3.50. The lowest BCUT2D eigenvalue weighted by Gasteiger charge is -2.30. The molecule has 1 N–H and O–H groups in total. The molecule has 0 radical (unpaired) electrons. The first-order valence-electron chi connectivity index (χ1n) is 8.36. The minimum Gasteiger partial charge on any atom is -0.508 e. The molecule has 1 aliphatic rings. The minimum atomic E-state index is 0.357. The summed E-state index contributed by atoms with van der Waals surface area (Å²) in [6.45, 7) is 4.34. The highest BCUT2D eigenvalue weighted by atomic mass is 16.3. The van der Waals surface area contributed by atoms with E-state index in [1.165, 1.54) is 22.5 Å². The number of nitrogens with zero attached hydrogens (tertiary/aromatic N) is 2. The van der Waals surface area contributed by atoms with E-state index in [0.717, 1.165) is 25.9 Å². The maximum atomic E-state index is 9.86. The maximum Gasteiger partial charge on any atom is 0.116 e. The van der Waals surface area contributed by atoms with Crippen LogP contribution in [0.4, 0.5) is 11.4 Å². The lowest BCUT2D eigenvalue weighted by molar-refractivity contribution is 0.343.